The molecule has 1 fully saturated rings. The maximum atomic E-state index is 12.5. The lowest BCUT2D eigenvalue weighted by Gasteiger charge is -2.17. The van der Waals surface area contributed by atoms with Crippen molar-refractivity contribution in [3.8, 4) is 0 Å². The van der Waals surface area contributed by atoms with Crippen LogP contribution in [-0.2, 0) is 16.0 Å². The molecule has 1 aromatic carbocycles. The van der Waals surface area contributed by atoms with E-state index in [1.54, 1.807) is 11.1 Å². The highest BCUT2D eigenvalue weighted by Crippen LogP contribution is 2.26. The Hall–Kier alpha value is -2.69. The number of pyridine rings is 1. The average molecular weight is 337 g/mol. The van der Waals surface area contributed by atoms with Gasteiger partial charge in [0.25, 0.3) is 0 Å². The van der Waals surface area contributed by atoms with Crippen LogP contribution in [0.1, 0.15) is 30.9 Å². The third-order valence-electron chi connectivity index (χ3n) is 4.53. The molecule has 0 bridgehead atoms. The van der Waals surface area contributed by atoms with Gasteiger partial charge in [0.1, 0.15) is 5.82 Å². The zero-order valence-corrected chi connectivity index (χ0v) is 14.7. The Morgan fingerprint density at radius 3 is 2.72 bits per heavy atom. The lowest BCUT2D eigenvalue weighted by Crippen LogP contribution is -2.28. The smallest absolute Gasteiger partial charge is 0.230 e. The zero-order chi connectivity index (χ0) is 17.8. The number of aromatic nitrogens is 1. The fraction of sp³-hybridized carbons (Fsp3) is 0.350. The minimum atomic E-state index is -0.357. The van der Waals surface area contributed by atoms with Gasteiger partial charge in [0.05, 0.1) is 5.92 Å². The molecule has 1 N–H and O–H groups in total. The van der Waals surface area contributed by atoms with Crippen LogP contribution in [0.3, 0.4) is 0 Å². The molecule has 2 aromatic rings. The largest absolute Gasteiger partial charge is 0.312 e. The van der Waals surface area contributed by atoms with E-state index < -0.39 is 0 Å². The Morgan fingerprint density at radius 2 is 2.04 bits per heavy atom. The maximum Gasteiger partial charge on any atom is 0.230 e. The number of carbonyl (C=O) groups is 2. The lowest BCUT2D eigenvalue weighted by atomic mass is 10.1. The Balaban J connectivity index is 1.67. The van der Waals surface area contributed by atoms with E-state index in [4.69, 9.17) is 0 Å². The highest BCUT2D eigenvalue weighted by Gasteiger charge is 2.35. The van der Waals surface area contributed by atoms with E-state index in [1.807, 2.05) is 31.2 Å². The quantitative estimate of drug-likeness (QED) is 0.910. The highest BCUT2D eigenvalue weighted by molar-refractivity contribution is 6.03. The van der Waals surface area contributed by atoms with Crippen LogP contribution in [0.5, 0.6) is 0 Å². The molecule has 5 nitrogen and oxygen atoms in total. The summed E-state index contributed by atoms with van der Waals surface area (Å²) in [4.78, 5) is 30.7. The molecule has 0 saturated carbocycles. The summed E-state index contributed by atoms with van der Waals surface area (Å²) in [5.41, 5.74) is 3.02. The number of carbonyl (C=O) groups excluding carboxylic acids is 2. The van der Waals surface area contributed by atoms with Crippen LogP contribution in [0, 0.1) is 12.8 Å². The van der Waals surface area contributed by atoms with Crippen LogP contribution < -0.4 is 10.2 Å². The molecule has 25 heavy (non-hydrogen) atoms. The van der Waals surface area contributed by atoms with Crippen LogP contribution in [0.2, 0.25) is 0 Å². The second kappa shape index (κ2) is 7.47. The van der Waals surface area contributed by atoms with Gasteiger partial charge in [0, 0.05) is 24.8 Å². The normalized spacial score (nSPS) is 17.0. The molecule has 0 aliphatic carbocycles. The molecule has 1 aromatic heterocycles. The lowest BCUT2D eigenvalue weighted by molar-refractivity contribution is -0.122. The summed E-state index contributed by atoms with van der Waals surface area (Å²) >= 11 is 0. The number of benzene rings is 1. The average Bonchev–Trinajstić information content (AvgIpc) is 3.00. The first-order valence-electron chi connectivity index (χ1n) is 8.70. The van der Waals surface area contributed by atoms with Crippen molar-refractivity contribution in [1.82, 2.24) is 4.98 Å². The van der Waals surface area contributed by atoms with Gasteiger partial charge in [-0.15, -0.1) is 0 Å². The van der Waals surface area contributed by atoms with Gasteiger partial charge in [0.2, 0.25) is 11.8 Å². The number of anilines is 2. The third kappa shape index (κ3) is 3.87. The van der Waals surface area contributed by atoms with Gasteiger partial charge in [-0.25, -0.2) is 4.98 Å². The van der Waals surface area contributed by atoms with Crippen molar-refractivity contribution in [2.75, 3.05) is 16.8 Å². The van der Waals surface area contributed by atoms with Gasteiger partial charge < -0.3 is 10.2 Å². The van der Waals surface area contributed by atoms with Gasteiger partial charge in [-0.3, -0.25) is 9.59 Å². The van der Waals surface area contributed by atoms with E-state index in [2.05, 4.69) is 29.4 Å². The van der Waals surface area contributed by atoms with Gasteiger partial charge in [-0.1, -0.05) is 31.5 Å². The number of hydrogen-bond acceptors (Lipinski definition) is 3. The summed E-state index contributed by atoms with van der Waals surface area (Å²) in [5, 5.41) is 2.84. The highest BCUT2D eigenvalue weighted by atomic mass is 16.2. The molecule has 1 saturated heterocycles. The molecule has 2 amide bonds. The van der Waals surface area contributed by atoms with Crippen molar-refractivity contribution in [2.45, 2.75) is 33.1 Å². The SMILES string of the molecule is CCCc1ccc(N2C[C@H](C(=O)Nc3ncccc3C)CC2=O)cc1. The number of aryl methyl sites for hydroxylation is 2. The fourth-order valence-corrected chi connectivity index (χ4v) is 3.10. The number of amides is 2. The summed E-state index contributed by atoms with van der Waals surface area (Å²) in [5.74, 6) is 0.0351. The Morgan fingerprint density at radius 1 is 1.28 bits per heavy atom. The number of nitrogens with zero attached hydrogens (tertiary/aromatic N) is 2. The van der Waals surface area contributed by atoms with Crippen molar-refractivity contribution >= 4 is 23.3 Å². The van der Waals surface area contributed by atoms with Crippen LogP contribution in [0.4, 0.5) is 11.5 Å². The first-order valence-corrected chi connectivity index (χ1v) is 8.70. The van der Waals surface area contributed by atoms with E-state index in [1.165, 1.54) is 5.56 Å². The predicted octanol–water partition coefficient (Wildman–Crippen LogP) is 3.33. The van der Waals surface area contributed by atoms with Crippen molar-refractivity contribution in [3.05, 3.63) is 53.7 Å². The second-order valence-corrected chi connectivity index (χ2v) is 6.48. The van der Waals surface area contributed by atoms with Crippen LogP contribution in [0.25, 0.3) is 0 Å². The monoisotopic (exact) mass is 337 g/mol. The van der Waals surface area contributed by atoms with Gasteiger partial charge in [0.15, 0.2) is 0 Å². The second-order valence-electron chi connectivity index (χ2n) is 6.48. The summed E-state index contributed by atoms with van der Waals surface area (Å²) < 4.78 is 0. The molecular formula is C20H23N3O2. The van der Waals surface area contributed by atoms with Gasteiger partial charge in [-0.2, -0.15) is 0 Å². The van der Waals surface area contributed by atoms with Gasteiger partial charge >= 0.3 is 0 Å². The van der Waals surface area contributed by atoms with Crippen molar-refractivity contribution in [1.29, 1.82) is 0 Å². The molecule has 5 heteroatoms. The molecular weight excluding hydrogens is 314 g/mol. The van der Waals surface area contributed by atoms with Gasteiger partial charge in [-0.05, 0) is 42.7 Å². The van der Waals surface area contributed by atoms with Crippen LogP contribution in [-0.4, -0.2) is 23.3 Å². The molecule has 0 unspecified atom stereocenters. The Bertz CT molecular complexity index is 771. The fourth-order valence-electron chi connectivity index (χ4n) is 3.10. The molecule has 1 atom stereocenters. The molecule has 0 spiro atoms. The Labute approximate surface area is 148 Å². The predicted molar refractivity (Wildman–Crippen MR) is 98.5 cm³/mol. The summed E-state index contributed by atoms with van der Waals surface area (Å²) in [6.07, 6.45) is 4.00. The number of hydrogen-bond donors (Lipinski definition) is 1. The summed E-state index contributed by atoms with van der Waals surface area (Å²) in [6.45, 7) is 4.45. The zero-order valence-electron chi connectivity index (χ0n) is 14.7. The minimum Gasteiger partial charge on any atom is -0.312 e. The standard InChI is InChI=1S/C20H23N3O2/c1-3-5-15-7-9-17(10-8-15)23-13-16(12-18(23)24)20(25)22-19-14(2)6-4-11-21-19/h4,6-11,16H,3,5,12-13H2,1-2H3,(H,21,22,25)/t16-/m1/s1. The topological polar surface area (TPSA) is 62.3 Å². The molecule has 130 valence electrons. The van der Waals surface area contributed by atoms with E-state index in [0.29, 0.717) is 12.4 Å². The van der Waals surface area contributed by atoms with E-state index in [-0.39, 0.29) is 24.2 Å². The number of nitrogens with one attached hydrogen (secondary N) is 1. The molecule has 0 radical (unpaired) electrons. The molecule has 3 rings (SSSR count). The first-order chi connectivity index (χ1) is 12.1. The number of rotatable bonds is 5. The maximum absolute atomic E-state index is 12.5. The van der Waals surface area contributed by atoms with Crippen LogP contribution >= 0.6 is 0 Å². The van der Waals surface area contributed by atoms with Crippen molar-refractivity contribution < 1.29 is 9.59 Å². The van der Waals surface area contributed by atoms with E-state index in [0.717, 1.165) is 24.1 Å². The first kappa shape index (κ1) is 17.1. The summed E-state index contributed by atoms with van der Waals surface area (Å²) in [7, 11) is 0. The van der Waals surface area contributed by atoms with Crippen molar-refractivity contribution in [2.24, 2.45) is 5.92 Å². The molecule has 1 aliphatic heterocycles. The summed E-state index contributed by atoms with van der Waals surface area (Å²) in [6, 6.07) is 11.8. The van der Waals surface area contributed by atoms with Crippen molar-refractivity contribution in [3.63, 3.8) is 0 Å². The molecule has 1 aliphatic rings. The Kier molecular flexibility index (Phi) is 5.12. The van der Waals surface area contributed by atoms with Crippen LogP contribution in [0.15, 0.2) is 42.6 Å². The third-order valence-corrected chi connectivity index (χ3v) is 4.53. The van der Waals surface area contributed by atoms with E-state index in [9.17, 15) is 9.59 Å². The molecule has 2 heterocycles. The minimum absolute atomic E-state index is 0.0128. The van der Waals surface area contributed by atoms with E-state index >= 15 is 0 Å².